The zero-order chi connectivity index (χ0) is 16.0. The van der Waals surface area contributed by atoms with Crippen molar-refractivity contribution in [2.75, 3.05) is 18.5 Å². The normalized spacial score (nSPS) is 9.90. The van der Waals surface area contributed by atoms with Crippen molar-refractivity contribution >= 4 is 35.1 Å². The van der Waals surface area contributed by atoms with Gasteiger partial charge in [0.15, 0.2) is 0 Å². The van der Waals surface area contributed by atoms with Gasteiger partial charge in [0.1, 0.15) is 6.61 Å². The molecule has 0 aliphatic carbocycles. The third-order valence-electron chi connectivity index (χ3n) is 2.60. The van der Waals surface area contributed by atoms with Crippen LogP contribution in [0.2, 0.25) is 5.02 Å². The lowest BCUT2D eigenvalue weighted by atomic mass is 10.1. The van der Waals surface area contributed by atoms with E-state index < -0.39 is 5.97 Å². The van der Waals surface area contributed by atoms with Crippen LogP contribution in [0.4, 0.5) is 5.69 Å². The van der Waals surface area contributed by atoms with Crippen molar-refractivity contribution in [2.24, 2.45) is 0 Å². The van der Waals surface area contributed by atoms with Crippen LogP contribution in [0.15, 0.2) is 12.1 Å². The quantitative estimate of drug-likeness (QED) is 0.642. The maximum Gasteiger partial charge on any atom is 0.338 e. The highest BCUT2D eigenvalue weighted by Crippen LogP contribution is 2.26. The summed E-state index contributed by atoms with van der Waals surface area (Å²) >= 11 is 6.03. The molecule has 1 rings (SSSR count). The first-order valence-corrected chi connectivity index (χ1v) is 6.68. The van der Waals surface area contributed by atoms with Gasteiger partial charge in [-0.1, -0.05) is 11.6 Å². The number of hydrogen-bond acceptors (Lipinski definition) is 4. The number of carbonyl (C=O) groups excluding carboxylic acids is 3. The molecule has 114 valence electrons. The molecule has 0 bridgehead atoms. The molecule has 0 aliphatic rings. The van der Waals surface area contributed by atoms with E-state index in [2.05, 4.69) is 10.6 Å². The topological polar surface area (TPSA) is 84.5 Å². The molecule has 0 saturated heterocycles. The van der Waals surface area contributed by atoms with E-state index >= 15 is 0 Å². The van der Waals surface area contributed by atoms with E-state index in [0.29, 0.717) is 16.3 Å². The number of anilines is 1. The standard InChI is InChI=1S/C14H17ClN2O4/c1-8-12(15)6-11(7-13(8)17-10(3)19)14(20)21-5-4-16-9(2)18/h6-7H,4-5H2,1-3H3,(H,16,18)(H,17,19). The Kier molecular flexibility index (Phi) is 6.17. The van der Waals surface area contributed by atoms with E-state index in [1.54, 1.807) is 6.92 Å². The molecule has 7 heteroatoms. The highest BCUT2D eigenvalue weighted by molar-refractivity contribution is 6.32. The smallest absolute Gasteiger partial charge is 0.338 e. The third-order valence-corrected chi connectivity index (χ3v) is 2.99. The van der Waals surface area contributed by atoms with E-state index in [1.165, 1.54) is 26.0 Å². The molecule has 2 amide bonds. The van der Waals surface area contributed by atoms with Crippen LogP contribution in [0, 0.1) is 6.92 Å². The van der Waals surface area contributed by atoms with Crippen molar-refractivity contribution in [2.45, 2.75) is 20.8 Å². The van der Waals surface area contributed by atoms with Crippen molar-refractivity contribution in [3.63, 3.8) is 0 Å². The van der Waals surface area contributed by atoms with Crippen LogP contribution in [0.1, 0.15) is 29.8 Å². The summed E-state index contributed by atoms with van der Waals surface area (Å²) in [6.45, 7) is 4.77. The average Bonchev–Trinajstić information content (AvgIpc) is 2.38. The minimum Gasteiger partial charge on any atom is -0.460 e. The second kappa shape index (κ2) is 7.64. The van der Waals surface area contributed by atoms with Gasteiger partial charge in [-0.25, -0.2) is 4.79 Å². The Labute approximate surface area is 127 Å². The molecule has 0 radical (unpaired) electrons. The van der Waals surface area contributed by atoms with E-state index in [0.717, 1.165) is 0 Å². The molecule has 0 heterocycles. The molecule has 21 heavy (non-hydrogen) atoms. The molecule has 0 aliphatic heterocycles. The van der Waals surface area contributed by atoms with E-state index in [4.69, 9.17) is 16.3 Å². The van der Waals surface area contributed by atoms with Crippen molar-refractivity contribution in [1.29, 1.82) is 0 Å². The van der Waals surface area contributed by atoms with Crippen molar-refractivity contribution in [3.8, 4) is 0 Å². The lowest BCUT2D eigenvalue weighted by Crippen LogP contribution is -2.25. The maximum atomic E-state index is 11.9. The molecule has 1 aromatic carbocycles. The zero-order valence-corrected chi connectivity index (χ0v) is 12.8. The predicted octanol–water partition coefficient (Wildman–Crippen LogP) is 1.90. The van der Waals surface area contributed by atoms with Gasteiger partial charge >= 0.3 is 5.97 Å². The van der Waals surface area contributed by atoms with Crippen LogP contribution in [0.5, 0.6) is 0 Å². The van der Waals surface area contributed by atoms with Crippen LogP contribution in [-0.4, -0.2) is 30.9 Å². The summed E-state index contributed by atoms with van der Waals surface area (Å²) in [5.74, 6) is -1.03. The fourth-order valence-corrected chi connectivity index (χ4v) is 1.79. The Morgan fingerprint density at radius 2 is 1.86 bits per heavy atom. The summed E-state index contributed by atoms with van der Waals surface area (Å²) in [6.07, 6.45) is 0. The predicted molar refractivity (Wildman–Crippen MR) is 79.5 cm³/mol. The minimum absolute atomic E-state index is 0.0549. The Bertz CT molecular complexity index is 572. The number of ether oxygens (including phenoxy) is 1. The lowest BCUT2D eigenvalue weighted by molar-refractivity contribution is -0.119. The molecular weight excluding hydrogens is 296 g/mol. The summed E-state index contributed by atoms with van der Waals surface area (Å²) in [6, 6.07) is 2.98. The highest BCUT2D eigenvalue weighted by atomic mass is 35.5. The lowest BCUT2D eigenvalue weighted by Gasteiger charge is -2.11. The van der Waals surface area contributed by atoms with E-state index in [-0.39, 0.29) is 30.5 Å². The molecule has 1 aromatic rings. The largest absolute Gasteiger partial charge is 0.460 e. The van der Waals surface area contributed by atoms with E-state index in [9.17, 15) is 14.4 Å². The monoisotopic (exact) mass is 312 g/mol. The number of carbonyl (C=O) groups is 3. The minimum atomic E-state index is -0.575. The summed E-state index contributed by atoms with van der Waals surface area (Å²) in [7, 11) is 0. The van der Waals surface area contributed by atoms with Gasteiger partial charge in [-0.2, -0.15) is 0 Å². The maximum absolute atomic E-state index is 11.9. The first kappa shape index (κ1) is 17.0. The van der Waals surface area contributed by atoms with Crippen LogP contribution < -0.4 is 10.6 Å². The van der Waals surface area contributed by atoms with Crippen LogP contribution in [0.25, 0.3) is 0 Å². The van der Waals surface area contributed by atoms with Gasteiger partial charge in [0.25, 0.3) is 0 Å². The summed E-state index contributed by atoms with van der Waals surface area (Å²) < 4.78 is 5.01. The fraction of sp³-hybridized carbons (Fsp3) is 0.357. The average molecular weight is 313 g/mol. The van der Waals surface area contributed by atoms with Crippen LogP contribution >= 0.6 is 11.6 Å². The number of rotatable bonds is 5. The van der Waals surface area contributed by atoms with Gasteiger partial charge < -0.3 is 15.4 Å². The number of benzene rings is 1. The van der Waals surface area contributed by atoms with Crippen molar-refractivity contribution < 1.29 is 19.1 Å². The Morgan fingerprint density at radius 1 is 1.19 bits per heavy atom. The number of hydrogen-bond donors (Lipinski definition) is 2. The number of esters is 1. The molecule has 0 aromatic heterocycles. The molecule has 6 nitrogen and oxygen atoms in total. The van der Waals surface area contributed by atoms with Gasteiger partial charge in [0, 0.05) is 24.6 Å². The van der Waals surface area contributed by atoms with Crippen molar-refractivity contribution in [1.82, 2.24) is 5.32 Å². The molecule has 0 spiro atoms. The van der Waals surface area contributed by atoms with Crippen LogP contribution in [0.3, 0.4) is 0 Å². The summed E-state index contributed by atoms with van der Waals surface area (Å²) in [5.41, 5.74) is 1.36. The van der Waals surface area contributed by atoms with Crippen molar-refractivity contribution in [3.05, 3.63) is 28.3 Å². The van der Waals surface area contributed by atoms with Gasteiger partial charge in [-0.05, 0) is 24.6 Å². The second-order valence-corrected chi connectivity index (χ2v) is 4.84. The number of amides is 2. The molecule has 2 N–H and O–H groups in total. The van der Waals surface area contributed by atoms with Gasteiger partial charge in [0.05, 0.1) is 12.1 Å². The molecule has 0 atom stereocenters. The Hall–Kier alpha value is -2.08. The molecular formula is C14H17ClN2O4. The van der Waals surface area contributed by atoms with Gasteiger partial charge in [-0.3, -0.25) is 9.59 Å². The number of halogens is 1. The Balaban J connectivity index is 2.77. The Morgan fingerprint density at radius 3 is 2.43 bits per heavy atom. The summed E-state index contributed by atoms with van der Waals surface area (Å²) in [5, 5.41) is 5.47. The third kappa shape index (κ3) is 5.43. The first-order chi connectivity index (χ1) is 9.81. The SMILES string of the molecule is CC(=O)NCCOC(=O)c1cc(Cl)c(C)c(NC(C)=O)c1. The number of nitrogens with one attached hydrogen (secondary N) is 2. The van der Waals surface area contributed by atoms with Gasteiger partial charge in [-0.15, -0.1) is 0 Å². The second-order valence-electron chi connectivity index (χ2n) is 4.43. The summed E-state index contributed by atoms with van der Waals surface area (Å²) in [4.78, 5) is 33.7. The first-order valence-electron chi connectivity index (χ1n) is 6.30. The van der Waals surface area contributed by atoms with E-state index in [1.807, 2.05) is 0 Å². The molecule has 0 fully saturated rings. The zero-order valence-electron chi connectivity index (χ0n) is 12.1. The fourth-order valence-electron chi connectivity index (χ4n) is 1.57. The van der Waals surface area contributed by atoms with Crippen LogP contribution in [-0.2, 0) is 14.3 Å². The molecule has 0 saturated carbocycles. The molecule has 0 unspecified atom stereocenters. The highest BCUT2D eigenvalue weighted by Gasteiger charge is 2.13. The van der Waals surface area contributed by atoms with Gasteiger partial charge in [0.2, 0.25) is 11.8 Å².